The van der Waals surface area contributed by atoms with E-state index in [0.717, 1.165) is 35.1 Å². The fourth-order valence-corrected chi connectivity index (χ4v) is 3.62. The minimum atomic E-state index is -0.288. The highest BCUT2D eigenvalue weighted by Gasteiger charge is 2.27. The Kier molecular flexibility index (Phi) is 3.57. The summed E-state index contributed by atoms with van der Waals surface area (Å²) in [7, 11) is 0. The monoisotopic (exact) mass is 324 g/mol. The van der Waals surface area contributed by atoms with Gasteiger partial charge in [-0.15, -0.1) is 0 Å². The van der Waals surface area contributed by atoms with Crippen molar-refractivity contribution in [1.82, 2.24) is 0 Å². The van der Waals surface area contributed by atoms with Gasteiger partial charge in [-0.05, 0) is 37.8 Å². The molecule has 0 aliphatic carbocycles. The average Bonchev–Trinajstić information content (AvgIpc) is 2.62. The molecule has 0 bridgehead atoms. The molecule has 3 aromatic rings. The molecule has 2 atom stereocenters. The summed E-state index contributed by atoms with van der Waals surface area (Å²) in [6.07, 6.45) is 1.12. The van der Waals surface area contributed by atoms with Crippen molar-refractivity contribution in [1.29, 1.82) is 0 Å². The van der Waals surface area contributed by atoms with Gasteiger partial charge in [-0.1, -0.05) is 25.1 Å². The highest BCUT2D eigenvalue weighted by molar-refractivity contribution is 6.06. The summed E-state index contributed by atoms with van der Waals surface area (Å²) < 4.78 is 11.7. The van der Waals surface area contributed by atoms with Crippen LogP contribution in [0, 0.1) is 6.92 Å². The number of fused-ring (bicyclic) bond motifs is 4. The van der Waals surface area contributed by atoms with Crippen LogP contribution in [0.3, 0.4) is 0 Å². The summed E-state index contributed by atoms with van der Waals surface area (Å²) in [4.78, 5) is 13.7. The van der Waals surface area contributed by atoms with Crippen molar-refractivity contribution in [3.05, 3.63) is 51.9 Å². The number of quaternary nitrogens is 1. The quantitative estimate of drug-likeness (QED) is 0.582. The van der Waals surface area contributed by atoms with Gasteiger partial charge in [-0.2, -0.15) is 0 Å². The lowest BCUT2D eigenvalue weighted by Gasteiger charge is -2.31. The number of hydrogen-bond acceptors (Lipinski definition) is 3. The zero-order chi connectivity index (χ0) is 16.8. The van der Waals surface area contributed by atoms with Gasteiger partial charge in [0.05, 0.1) is 11.4 Å². The molecule has 1 aliphatic heterocycles. The van der Waals surface area contributed by atoms with E-state index in [0.29, 0.717) is 23.7 Å². The Morgan fingerprint density at radius 1 is 1.21 bits per heavy atom. The van der Waals surface area contributed by atoms with Crippen LogP contribution in [0.15, 0.2) is 39.5 Å². The van der Waals surface area contributed by atoms with Crippen molar-refractivity contribution < 1.29 is 14.1 Å². The van der Waals surface area contributed by atoms with Crippen LogP contribution in [0.4, 0.5) is 0 Å². The molecule has 0 radical (unpaired) electrons. The van der Waals surface area contributed by atoms with Crippen molar-refractivity contribution in [3.8, 4) is 5.75 Å². The summed E-state index contributed by atoms with van der Waals surface area (Å²) in [6.45, 7) is 8.04. The summed E-state index contributed by atoms with van der Waals surface area (Å²) in [5.74, 6) is 0.882. The molecule has 24 heavy (non-hydrogen) atoms. The van der Waals surface area contributed by atoms with Crippen molar-refractivity contribution in [2.75, 3.05) is 6.73 Å². The summed E-state index contributed by atoms with van der Waals surface area (Å²) in [6, 6.07) is 10.3. The Balaban J connectivity index is 1.98. The van der Waals surface area contributed by atoms with E-state index < -0.39 is 0 Å². The molecule has 1 unspecified atom stereocenters. The van der Waals surface area contributed by atoms with Gasteiger partial charge in [0.25, 0.3) is 0 Å². The molecular weight excluding hydrogens is 302 g/mol. The van der Waals surface area contributed by atoms with Gasteiger partial charge in [0.15, 0.2) is 0 Å². The fourth-order valence-electron chi connectivity index (χ4n) is 3.62. The second-order valence-corrected chi connectivity index (χ2v) is 6.73. The second-order valence-electron chi connectivity index (χ2n) is 6.73. The Bertz CT molecular complexity index is 989. The maximum atomic E-state index is 12.3. The topological polar surface area (TPSA) is 43.9 Å². The molecule has 2 heterocycles. The zero-order valence-corrected chi connectivity index (χ0v) is 14.3. The molecule has 0 saturated heterocycles. The smallest absolute Gasteiger partial charge is 0.344 e. The van der Waals surface area contributed by atoms with Crippen LogP contribution in [0.2, 0.25) is 0 Å². The van der Waals surface area contributed by atoms with Gasteiger partial charge in [0, 0.05) is 16.5 Å². The zero-order valence-electron chi connectivity index (χ0n) is 14.3. The Morgan fingerprint density at radius 2 is 1.96 bits per heavy atom. The molecule has 4 heteroatoms. The first kappa shape index (κ1) is 15.2. The lowest BCUT2D eigenvalue weighted by molar-refractivity contribution is -0.954. The van der Waals surface area contributed by atoms with E-state index in [1.54, 1.807) is 0 Å². The average molecular weight is 324 g/mol. The molecule has 0 spiro atoms. The molecule has 0 saturated carbocycles. The van der Waals surface area contributed by atoms with Gasteiger partial charge in [0.1, 0.15) is 17.9 Å². The highest BCUT2D eigenvalue weighted by atomic mass is 16.5. The second kappa shape index (κ2) is 5.64. The predicted octanol–water partition coefficient (Wildman–Crippen LogP) is 2.79. The third kappa shape index (κ3) is 2.21. The van der Waals surface area contributed by atoms with E-state index in [1.165, 1.54) is 10.5 Å². The summed E-state index contributed by atoms with van der Waals surface area (Å²) >= 11 is 0. The molecule has 1 N–H and O–H groups in total. The maximum absolute atomic E-state index is 12.3. The number of ether oxygens (including phenoxy) is 1. The maximum Gasteiger partial charge on any atom is 0.344 e. The van der Waals surface area contributed by atoms with Crippen molar-refractivity contribution in [2.45, 2.75) is 39.8 Å². The van der Waals surface area contributed by atoms with Crippen LogP contribution in [0.25, 0.3) is 21.7 Å². The molecule has 2 aromatic carbocycles. The van der Waals surface area contributed by atoms with Crippen molar-refractivity contribution in [2.24, 2.45) is 0 Å². The third-order valence-electron chi connectivity index (χ3n) is 5.30. The van der Waals surface area contributed by atoms with Gasteiger partial charge in [-0.3, -0.25) is 4.90 Å². The first-order chi connectivity index (χ1) is 11.6. The van der Waals surface area contributed by atoms with E-state index in [-0.39, 0.29) is 5.63 Å². The van der Waals surface area contributed by atoms with Gasteiger partial charge >= 0.3 is 5.63 Å². The Labute approximate surface area is 140 Å². The first-order valence-corrected chi connectivity index (χ1v) is 8.55. The molecular formula is C20H22NO3+. The van der Waals surface area contributed by atoms with Crippen LogP contribution in [-0.4, -0.2) is 12.8 Å². The van der Waals surface area contributed by atoms with E-state index in [4.69, 9.17) is 9.15 Å². The standard InChI is InChI=1S/C20H21NO3/c1-4-12(2)21-10-14-9-17-15-7-5-6-8-16(15)20(22)24-19(17)13(3)18(14)23-11-21/h5-9,12H,4,10-11H2,1-3H3/p+1/t12-/m0/s1. The van der Waals surface area contributed by atoms with Crippen LogP contribution in [0.1, 0.15) is 31.4 Å². The minimum Gasteiger partial charge on any atom is -0.444 e. The predicted molar refractivity (Wildman–Crippen MR) is 94.6 cm³/mol. The van der Waals surface area contributed by atoms with Crippen LogP contribution in [-0.2, 0) is 6.54 Å². The van der Waals surface area contributed by atoms with E-state index in [2.05, 4.69) is 19.9 Å². The van der Waals surface area contributed by atoms with Gasteiger partial charge < -0.3 is 9.15 Å². The molecule has 4 rings (SSSR count). The number of nitrogens with one attached hydrogen (secondary N) is 1. The van der Waals surface area contributed by atoms with E-state index >= 15 is 0 Å². The highest BCUT2D eigenvalue weighted by Crippen LogP contribution is 2.34. The SMILES string of the molecule is CC[C@H](C)[NH+]1COc2c(cc3c(oc(=O)c4ccccc43)c2C)C1. The van der Waals surface area contributed by atoms with Gasteiger partial charge in [0.2, 0.25) is 6.73 Å². The number of aryl methyl sites for hydroxylation is 1. The van der Waals surface area contributed by atoms with Crippen molar-refractivity contribution in [3.63, 3.8) is 0 Å². The molecule has 4 nitrogen and oxygen atoms in total. The lowest BCUT2D eigenvalue weighted by Crippen LogP contribution is -3.15. The largest absolute Gasteiger partial charge is 0.444 e. The van der Waals surface area contributed by atoms with Gasteiger partial charge in [-0.25, -0.2) is 4.79 Å². The summed E-state index contributed by atoms with van der Waals surface area (Å²) in [5, 5.41) is 2.58. The third-order valence-corrected chi connectivity index (χ3v) is 5.30. The minimum absolute atomic E-state index is 0.288. The number of benzene rings is 2. The Morgan fingerprint density at radius 3 is 2.71 bits per heavy atom. The van der Waals surface area contributed by atoms with Crippen LogP contribution < -0.4 is 15.3 Å². The van der Waals surface area contributed by atoms with Crippen molar-refractivity contribution >= 4 is 21.7 Å². The number of hydrogen-bond donors (Lipinski definition) is 1. The first-order valence-electron chi connectivity index (χ1n) is 8.55. The molecule has 124 valence electrons. The van der Waals surface area contributed by atoms with E-state index in [9.17, 15) is 4.79 Å². The Hall–Kier alpha value is -2.33. The van der Waals surface area contributed by atoms with Crippen LogP contribution in [0.5, 0.6) is 5.75 Å². The molecule has 0 amide bonds. The summed E-state index contributed by atoms with van der Waals surface area (Å²) in [5.41, 5.74) is 2.47. The molecule has 0 fully saturated rings. The van der Waals surface area contributed by atoms with E-state index in [1.807, 2.05) is 31.2 Å². The number of rotatable bonds is 2. The van der Waals surface area contributed by atoms with Crippen LogP contribution >= 0.6 is 0 Å². The normalized spacial score (nSPS) is 18.4. The fraction of sp³-hybridized carbons (Fsp3) is 0.350. The molecule has 1 aliphatic rings. The molecule has 1 aromatic heterocycles. The lowest BCUT2D eigenvalue weighted by atomic mass is 9.99.